The number of hydrogen-bond donors (Lipinski definition) is 1. The van der Waals surface area contributed by atoms with Gasteiger partial charge in [-0.1, -0.05) is 73.7 Å². The van der Waals surface area contributed by atoms with Crippen molar-refractivity contribution in [3.63, 3.8) is 0 Å². The zero-order valence-corrected chi connectivity index (χ0v) is 19.9. The number of benzene rings is 2. The number of aryl methyl sites for hydroxylation is 1. The van der Waals surface area contributed by atoms with E-state index in [9.17, 15) is 4.79 Å². The summed E-state index contributed by atoms with van der Waals surface area (Å²) in [4.78, 5) is 12.4. The van der Waals surface area contributed by atoms with E-state index in [2.05, 4.69) is 58.6 Å². The molecule has 0 aliphatic heterocycles. The van der Waals surface area contributed by atoms with Gasteiger partial charge < -0.3 is 9.73 Å². The third kappa shape index (κ3) is 5.41. The summed E-state index contributed by atoms with van der Waals surface area (Å²) in [6.45, 7) is 8.52. The molecule has 32 heavy (non-hydrogen) atoms. The van der Waals surface area contributed by atoms with Crippen LogP contribution in [0, 0.1) is 6.92 Å². The van der Waals surface area contributed by atoms with Gasteiger partial charge in [-0.05, 0) is 42.2 Å². The minimum absolute atomic E-state index is 0.0893. The first-order chi connectivity index (χ1) is 15.3. The quantitative estimate of drug-likeness (QED) is 0.363. The number of carbonyl (C=O) groups excluding carboxylic acids is 1. The molecule has 0 aliphatic rings. The summed E-state index contributed by atoms with van der Waals surface area (Å²) >= 11 is 2.61. The van der Waals surface area contributed by atoms with Crippen LogP contribution in [0.15, 0.2) is 58.2 Å². The van der Waals surface area contributed by atoms with Gasteiger partial charge >= 0.3 is 0 Å². The normalized spacial score (nSPS) is 11.5. The largest absolute Gasteiger partial charge is 0.411 e. The first-order valence-electron chi connectivity index (χ1n) is 10.1. The Kier molecular flexibility index (Phi) is 6.38. The SMILES string of the molecule is Cc1ccc(NC(=O)c2nnc(CSc3nnc(-c4ccc(C(C)(C)C)cc4)o3)s2)cc1. The van der Waals surface area contributed by atoms with Crippen molar-refractivity contribution in [3.05, 3.63) is 69.7 Å². The van der Waals surface area contributed by atoms with Crippen LogP contribution in [0.5, 0.6) is 0 Å². The molecule has 2 aromatic heterocycles. The molecule has 0 radical (unpaired) electrons. The van der Waals surface area contributed by atoms with Crippen molar-refractivity contribution in [2.45, 2.75) is 44.1 Å². The maximum atomic E-state index is 12.4. The van der Waals surface area contributed by atoms with Gasteiger partial charge in [-0.25, -0.2) is 0 Å². The average molecular weight is 466 g/mol. The van der Waals surface area contributed by atoms with Gasteiger partial charge in [0.1, 0.15) is 5.01 Å². The Balaban J connectivity index is 1.35. The number of aromatic nitrogens is 4. The van der Waals surface area contributed by atoms with Crippen LogP contribution in [0.3, 0.4) is 0 Å². The van der Waals surface area contributed by atoms with Crippen LogP contribution in [0.4, 0.5) is 5.69 Å². The molecule has 1 amide bonds. The van der Waals surface area contributed by atoms with Crippen molar-refractivity contribution in [2.75, 3.05) is 5.32 Å². The van der Waals surface area contributed by atoms with E-state index in [1.165, 1.54) is 28.7 Å². The summed E-state index contributed by atoms with van der Waals surface area (Å²) in [6, 6.07) is 15.7. The standard InChI is InChI=1S/C23H23N5O2S2/c1-14-5-11-17(12-6-14)24-19(29)21-27-25-18(32-21)13-31-22-28-26-20(30-22)15-7-9-16(10-8-15)23(2,3)4/h5-12H,13H2,1-4H3,(H,24,29). The van der Waals surface area contributed by atoms with Crippen molar-refractivity contribution in [1.82, 2.24) is 20.4 Å². The molecule has 4 rings (SSSR count). The summed E-state index contributed by atoms with van der Waals surface area (Å²) < 4.78 is 5.78. The van der Waals surface area contributed by atoms with Crippen LogP contribution in [0.2, 0.25) is 0 Å². The molecule has 9 heteroatoms. The second kappa shape index (κ2) is 9.22. The van der Waals surface area contributed by atoms with E-state index >= 15 is 0 Å². The zero-order valence-electron chi connectivity index (χ0n) is 18.2. The van der Waals surface area contributed by atoms with Gasteiger partial charge in [0.05, 0.1) is 5.75 Å². The van der Waals surface area contributed by atoms with Crippen LogP contribution in [0.1, 0.15) is 46.7 Å². The highest BCUT2D eigenvalue weighted by Crippen LogP contribution is 2.29. The molecule has 0 atom stereocenters. The summed E-state index contributed by atoms with van der Waals surface area (Å²) in [5, 5.41) is 20.6. The van der Waals surface area contributed by atoms with Gasteiger partial charge in [0.15, 0.2) is 0 Å². The molecule has 1 N–H and O–H groups in total. The molecule has 164 valence electrons. The second-order valence-corrected chi connectivity index (χ2v) is 10.3. The van der Waals surface area contributed by atoms with E-state index in [0.29, 0.717) is 26.9 Å². The molecule has 0 spiro atoms. The van der Waals surface area contributed by atoms with Crippen molar-refractivity contribution in [1.29, 1.82) is 0 Å². The highest BCUT2D eigenvalue weighted by Gasteiger charge is 2.16. The predicted octanol–water partition coefficient (Wildman–Crippen LogP) is 5.74. The number of rotatable bonds is 6. The van der Waals surface area contributed by atoms with E-state index in [1.54, 1.807) is 0 Å². The molecule has 2 aromatic carbocycles. The van der Waals surface area contributed by atoms with Crippen LogP contribution in [-0.4, -0.2) is 26.3 Å². The van der Waals surface area contributed by atoms with E-state index in [0.717, 1.165) is 16.8 Å². The molecule has 0 saturated heterocycles. The lowest BCUT2D eigenvalue weighted by Gasteiger charge is -2.18. The van der Waals surface area contributed by atoms with Gasteiger partial charge in [0, 0.05) is 11.3 Å². The number of thioether (sulfide) groups is 1. The first kappa shape index (κ1) is 22.2. The fourth-order valence-corrected chi connectivity index (χ4v) is 4.33. The smallest absolute Gasteiger partial charge is 0.286 e. The number of carbonyl (C=O) groups is 1. The lowest BCUT2D eigenvalue weighted by Crippen LogP contribution is -2.11. The third-order valence-electron chi connectivity index (χ3n) is 4.69. The van der Waals surface area contributed by atoms with Crippen LogP contribution < -0.4 is 5.32 Å². The number of amides is 1. The zero-order chi connectivity index (χ0) is 22.7. The van der Waals surface area contributed by atoms with Gasteiger partial charge in [-0.3, -0.25) is 4.79 Å². The van der Waals surface area contributed by atoms with E-state index in [4.69, 9.17) is 4.42 Å². The van der Waals surface area contributed by atoms with E-state index in [-0.39, 0.29) is 11.3 Å². The van der Waals surface area contributed by atoms with E-state index in [1.807, 2.05) is 43.3 Å². The molecule has 4 aromatic rings. The fraction of sp³-hybridized carbons (Fsp3) is 0.261. The highest BCUT2D eigenvalue weighted by molar-refractivity contribution is 7.98. The molecule has 2 heterocycles. The number of nitrogens with one attached hydrogen (secondary N) is 1. The second-order valence-electron chi connectivity index (χ2n) is 8.31. The average Bonchev–Trinajstić information content (AvgIpc) is 3.43. The van der Waals surface area contributed by atoms with Crippen LogP contribution in [-0.2, 0) is 11.2 Å². The number of hydrogen-bond acceptors (Lipinski definition) is 8. The molecular formula is C23H23N5O2S2. The summed E-state index contributed by atoms with van der Waals surface area (Å²) in [5.74, 6) is 0.685. The van der Waals surface area contributed by atoms with Gasteiger partial charge in [0.25, 0.3) is 11.1 Å². The van der Waals surface area contributed by atoms with Crippen LogP contribution in [0.25, 0.3) is 11.5 Å². The van der Waals surface area contributed by atoms with Crippen molar-refractivity contribution >= 4 is 34.7 Å². The Hall–Kier alpha value is -3.04. The topological polar surface area (TPSA) is 93.8 Å². The lowest BCUT2D eigenvalue weighted by atomic mass is 9.87. The van der Waals surface area contributed by atoms with Crippen molar-refractivity contribution < 1.29 is 9.21 Å². The van der Waals surface area contributed by atoms with Crippen molar-refractivity contribution in [3.8, 4) is 11.5 Å². The molecule has 7 nitrogen and oxygen atoms in total. The number of nitrogens with zero attached hydrogens (tertiary/aromatic N) is 4. The highest BCUT2D eigenvalue weighted by atomic mass is 32.2. The maximum absolute atomic E-state index is 12.4. The Morgan fingerprint density at radius 3 is 2.41 bits per heavy atom. The monoisotopic (exact) mass is 465 g/mol. The minimum atomic E-state index is -0.276. The number of anilines is 1. The first-order valence-corrected chi connectivity index (χ1v) is 11.9. The molecule has 0 fully saturated rings. The molecular weight excluding hydrogens is 442 g/mol. The minimum Gasteiger partial charge on any atom is -0.411 e. The van der Waals surface area contributed by atoms with Gasteiger partial charge in [-0.15, -0.1) is 20.4 Å². The Morgan fingerprint density at radius 1 is 1.00 bits per heavy atom. The van der Waals surface area contributed by atoms with Crippen molar-refractivity contribution in [2.24, 2.45) is 0 Å². The molecule has 0 unspecified atom stereocenters. The Bertz CT molecular complexity index is 1210. The fourth-order valence-electron chi connectivity index (χ4n) is 2.85. The summed E-state index contributed by atoms with van der Waals surface area (Å²) in [6.07, 6.45) is 0. The molecule has 0 aliphatic carbocycles. The van der Waals surface area contributed by atoms with Crippen LogP contribution >= 0.6 is 23.1 Å². The van der Waals surface area contributed by atoms with Gasteiger partial charge in [-0.2, -0.15) is 0 Å². The lowest BCUT2D eigenvalue weighted by molar-refractivity contribution is 0.102. The summed E-state index contributed by atoms with van der Waals surface area (Å²) in [5.41, 5.74) is 4.06. The summed E-state index contributed by atoms with van der Waals surface area (Å²) in [7, 11) is 0. The van der Waals surface area contributed by atoms with E-state index < -0.39 is 0 Å². The van der Waals surface area contributed by atoms with Gasteiger partial charge in [0.2, 0.25) is 10.9 Å². The Labute approximate surface area is 194 Å². The molecule has 0 bridgehead atoms. The molecule has 0 saturated carbocycles. The Morgan fingerprint density at radius 2 is 1.72 bits per heavy atom. The maximum Gasteiger partial charge on any atom is 0.286 e. The predicted molar refractivity (Wildman–Crippen MR) is 127 cm³/mol. The third-order valence-corrected chi connectivity index (χ3v) is 6.63.